The lowest BCUT2D eigenvalue weighted by Crippen LogP contribution is -2.12. The minimum absolute atomic E-state index is 0.105. The van der Waals surface area contributed by atoms with Crippen molar-refractivity contribution in [3.8, 4) is 0 Å². The van der Waals surface area contributed by atoms with Crippen LogP contribution in [0.4, 0.5) is 0 Å². The van der Waals surface area contributed by atoms with E-state index in [0.29, 0.717) is 6.61 Å². The van der Waals surface area contributed by atoms with Gasteiger partial charge in [-0.25, -0.2) is 0 Å². The van der Waals surface area contributed by atoms with Crippen LogP contribution in [0.1, 0.15) is 86.0 Å². The van der Waals surface area contributed by atoms with Crippen LogP contribution >= 0.6 is 0 Å². The van der Waals surface area contributed by atoms with Crippen molar-refractivity contribution >= 4 is 0 Å². The van der Waals surface area contributed by atoms with E-state index in [1.54, 1.807) is 0 Å². The van der Waals surface area contributed by atoms with Gasteiger partial charge < -0.3 is 9.47 Å². The van der Waals surface area contributed by atoms with Gasteiger partial charge in [0.15, 0.2) is 0 Å². The predicted octanol–water partition coefficient (Wildman–Crippen LogP) is 6.38. The van der Waals surface area contributed by atoms with Crippen LogP contribution in [-0.4, -0.2) is 12.7 Å². The van der Waals surface area contributed by atoms with E-state index in [4.69, 9.17) is 9.47 Å². The number of hydrogen-bond acceptors (Lipinski definition) is 2. The monoisotopic (exact) mass is 296 g/mol. The lowest BCUT2D eigenvalue weighted by atomic mass is 10.1. The molecule has 1 unspecified atom stereocenters. The fraction of sp³-hybridized carbons (Fsp3) is 0.789. The molecule has 0 N–H and O–H groups in total. The third kappa shape index (κ3) is 11.4. The van der Waals surface area contributed by atoms with E-state index in [1.165, 1.54) is 36.8 Å². The first-order chi connectivity index (χ1) is 10.2. The van der Waals surface area contributed by atoms with E-state index in [1.807, 2.05) is 12.5 Å². The van der Waals surface area contributed by atoms with Gasteiger partial charge in [-0.15, -0.1) is 0 Å². The molecule has 0 saturated carbocycles. The first-order valence-corrected chi connectivity index (χ1v) is 8.80. The standard InChI is InChI=1S/C19H36O2/c1-6-10-12-18(8-3)15-20-14-17(5)21-16-19(9-4)13-11-7-2/h15-17H,6-14H2,1-5H3. The molecule has 0 heterocycles. The van der Waals surface area contributed by atoms with Crippen molar-refractivity contribution in [3.05, 3.63) is 23.7 Å². The maximum Gasteiger partial charge on any atom is 0.129 e. The van der Waals surface area contributed by atoms with Crippen molar-refractivity contribution < 1.29 is 9.47 Å². The maximum atomic E-state index is 5.77. The van der Waals surface area contributed by atoms with E-state index >= 15 is 0 Å². The average Bonchev–Trinajstić information content (AvgIpc) is 2.50. The molecular weight excluding hydrogens is 260 g/mol. The fourth-order valence-electron chi connectivity index (χ4n) is 2.00. The van der Waals surface area contributed by atoms with Crippen LogP contribution in [0.25, 0.3) is 0 Å². The molecule has 0 spiro atoms. The van der Waals surface area contributed by atoms with Gasteiger partial charge in [0, 0.05) is 0 Å². The maximum absolute atomic E-state index is 5.77. The van der Waals surface area contributed by atoms with Gasteiger partial charge in [-0.2, -0.15) is 0 Å². The Kier molecular flexibility index (Phi) is 13.4. The molecule has 0 fully saturated rings. The number of hydrogen-bond donors (Lipinski definition) is 0. The second-order valence-electron chi connectivity index (χ2n) is 5.75. The van der Waals surface area contributed by atoms with Crippen LogP contribution < -0.4 is 0 Å². The summed E-state index contributed by atoms with van der Waals surface area (Å²) in [5.74, 6) is 0. The molecule has 0 amide bonds. The zero-order chi connectivity index (χ0) is 15.9. The summed E-state index contributed by atoms with van der Waals surface area (Å²) in [5, 5.41) is 0. The number of unbranched alkanes of at least 4 members (excludes halogenated alkanes) is 2. The summed E-state index contributed by atoms with van der Waals surface area (Å²) in [6.45, 7) is 11.5. The highest BCUT2D eigenvalue weighted by atomic mass is 16.5. The van der Waals surface area contributed by atoms with E-state index in [0.717, 1.165) is 25.7 Å². The van der Waals surface area contributed by atoms with Crippen molar-refractivity contribution in [1.29, 1.82) is 0 Å². The smallest absolute Gasteiger partial charge is 0.129 e. The Balaban J connectivity index is 4.04. The van der Waals surface area contributed by atoms with Gasteiger partial charge in [-0.1, -0.05) is 40.5 Å². The zero-order valence-electron chi connectivity index (χ0n) is 14.9. The third-order valence-electron chi connectivity index (χ3n) is 3.66. The van der Waals surface area contributed by atoms with E-state index in [9.17, 15) is 0 Å². The molecule has 0 saturated heterocycles. The molecule has 0 rings (SSSR count). The third-order valence-corrected chi connectivity index (χ3v) is 3.66. The zero-order valence-corrected chi connectivity index (χ0v) is 14.9. The Morgan fingerprint density at radius 1 is 0.857 bits per heavy atom. The van der Waals surface area contributed by atoms with Crippen LogP contribution in [0, 0.1) is 0 Å². The Morgan fingerprint density at radius 2 is 1.38 bits per heavy atom. The van der Waals surface area contributed by atoms with Gasteiger partial charge in [0.25, 0.3) is 0 Å². The average molecular weight is 296 g/mol. The van der Waals surface area contributed by atoms with Crippen molar-refractivity contribution in [1.82, 2.24) is 0 Å². The molecule has 0 aliphatic carbocycles. The van der Waals surface area contributed by atoms with Crippen molar-refractivity contribution in [2.45, 2.75) is 92.1 Å². The highest BCUT2D eigenvalue weighted by Gasteiger charge is 2.02. The molecule has 0 aromatic carbocycles. The number of ether oxygens (including phenoxy) is 2. The van der Waals surface area contributed by atoms with Gasteiger partial charge in [0.2, 0.25) is 0 Å². The number of rotatable bonds is 13. The lowest BCUT2D eigenvalue weighted by molar-refractivity contribution is 0.0788. The van der Waals surface area contributed by atoms with Gasteiger partial charge in [-0.05, 0) is 56.6 Å². The molecule has 0 bridgehead atoms. The molecule has 1 atom stereocenters. The van der Waals surface area contributed by atoms with Gasteiger partial charge in [0.1, 0.15) is 12.7 Å². The highest BCUT2D eigenvalue weighted by molar-refractivity contribution is 4.97. The Labute approximate surface area is 132 Å². The molecule has 2 heteroatoms. The van der Waals surface area contributed by atoms with Gasteiger partial charge in [0.05, 0.1) is 12.5 Å². The van der Waals surface area contributed by atoms with Crippen molar-refractivity contribution in [2.75, 3.05) is 6.61 Å². The Bertz CT molecular complexity index is 292. The quantitative estimate of drug-likeness (QED) is 0.367. The van der Waals surface area contributed by atoms with Crippen molar-refractivity contribution in [3.63, 3.8) is 0 Å². The van der Waals surface area contributed by atoms with E-state index in [-0.39, 0.29) is 6.10 Å². The minimum atomic E-state index is 0.105. The molecule has 0 radical (unpaired) electrons. The fourth-order valence-corrected chi connectivity index (χ4v) is 2.00. The molecule has 2 nitrogen and oxygen atoms in total. The summed E-state index contributed by atoms with van der Waals surface area (Å²) < 4.78 is 11.4. The van der Waals surface area contributed by atoms with Crippen LogP contribution in [0.15, 0.2) is 23.7 Å². The summed E-state index contributed by atoms with van der Waals surface area (Å²) >= 11 is 0. The topological polar surface area (TPSA) is 18.5 Å². The number of allylic oxidation sites excluding steroid dienone is 2. The molecule has 21 heavy (non-hydrogen) atoms. The van der Waals surface area contributed by atoms with Crippen LogP contribution in [0.2, 0.25) is 0 Å². The predicted molar refractivity (Wildman–Crippen MR) is 92.3 cm³/mol. The van der Waals surface area contributed by atoms with Gasteiger partial charge in [-0.3, -0.25) is 0 Å². The molecule has 0 aromatic rings. The second-order valence-corrected chi connectivity index (χ2v) is 5.75. The second kappa shape index (κ2) is 14.0. The largest absolute Gasteiger partial charge is 0.497 e. The first-order valence-electron chi connectivity index (χ1n) is 8.80. The van der Waals surface area contributed by atoms with Crippen LogP contribution in [-0.2, 0) is 9.47 Å². The molecular formula is C19H36O2. The molecule has 0 aromatic heterocycles. The first kappa shape index (κ1) is 20.1. The SMILES string of the molecule is CCCCC(=COCC(C)OC=C(CC)CCCC)CC. The lowest BCUT2D eigenvalue weighted by Gasteiger charge is -2.13. The Hall–Kier alpha value is -0.920. The highest BCUT2D eigenvalue weighted by Crippen LogP contribution is 2.13. The Morgan fingerprint density at radius 3 is 1.86 bits per heavy atom. The van der Waals surface area contributed by atoms with E-state index in [2.05, 4.69) is 34.6 Å². The van der Waals surface area contributed by atoms with Gasteiger partial charge >= 0.3 is 0 Å². The minimum Gasteiger partial charge on any atom is -0.497 e. The summed E-state index contributed by atoms with van der Waals surface area (Å²) in [5.41, 5.74) is 2.80. The molecule has 124 valence electrons. The summed E-state index contributed by atoms with van der Waals surface area (Å²) in [6, 6.07) is 0. The molecule has 0 aliphatic rings. The van der Waals surface area contributed by atoms with Crippen molar-refractivity contribution in [2.24, 2.45) is 0 Å². The summed E-state index contributed by atoms with van der Waals surface area (Å²) in [7, 11) is 0. The normalized spacial score (nSPS) is 14.1. The molecule has 0 aliphatic heterocycles. The van der Waals surface area contributed by atoms with Crippen LogP contribution in [0.3, 0.4) is 0 Å². The summed E-state index contributed by atoms with van der Waals surface area (Å²) in [6.07, 6.45) is 13.4. The van der Waals surface area contributed by atoms with Crippen LogP contribution in [0.5, 0.6) is 0 Å². The summed E-state index contributed by atoms with van der Waals surface area (Å²) in [4.78, 5) is 0. The van der Waals surface area contributed by atoms with E-state index < -0.39 is 0 Å².